The molecule has 1 amide bonds. The standard InChI is InChI=1S/C16H24N4O2S/c1-10(2)8-22-9-11(3)18-15(21)14-12(4)19-16(23-14)13-6-17-20(5)7-13/h6-7,10-11H,8-9H2,1-5H3,(H,18,21). The Morgan fingerprint density at radius 1 is 1.39 bits per heavy atom. The molecule has 0 saturated heterocycles. The molecule has 2 heterocycles. The second-order valence-corrected chi connectivity index (χ2v) is 7.14. The molecule has 1 N–H and O–H groups in total. The first-order valence-corrected chi connectivity index (χ1v) is 8.53. The Labute approximate surface area is 140 Å². The Kier molecular flexibility index (Phi) is 5.90. The van der Waals surface area contributed by atoms with Crippen molar-refractivity contribution in [2.24, 2.45) is 13.0 Å². The zero-order chi connectivity index (χ0) is 17.0. The Bertz CT molecular complexity index is 663. The van der Waals surface area contributed by atoms with Crippen LogP contribution in [-0.2, 0) is 11.8 Å². The fourth-order valence-electron chi connectivity index (χ4n) is 2.07. The zero-order valence-electron chi connectivity index (χ0n) is 14.3. The second-order valence-electron chi connectivity index (χ2n) is 6.14. The Hall–Kier alpha value is -1.73. The summed E-state index contributed by atoms with van der Waals surface area (Å²) in [5.41, 5.74) is 1.66. The second kappa shape index (κ2) is 7.70. The molecule has 1 atom stereocenters. The van der Waals surface area contributed by atoms with Gasteiger partial charge in [0.1, 0.15) is 9.88 Å². The topological polar surface area (TPSA) is 69.0 Å². The van der Waals surface area contributed by atoms with Crippen LogP contribution in [0.15, 0.2) is 12.4 Å². The highest BCUT2D eigenvalue weighted by molar-refractivity contribution is 7.17. The molecular formula is C16H24N4O2S. The van der Waals surface area contributed by atoms with Crippen LogP contribution < -0.4 is 5.32 Å². The Morgan fingerprint density at radius 2 is 2.13 bits per heavy atom. The van der Waals surface area contributed by atoms with Crippen molar-refractivity contribution in [1.82, 2.24) is 20.1 Å². The van der Waals surface area contributed by atoms with E-state index in [0.29, 0.717) is 24.0 Å². The molecule has 1 unspecified atom stereocenters. The molecule has 0 spiro atoms. The third-order valence-electron chi connectivity index (χ3n) is 3.15. The van der Waals surface area contributed by atoms with Crippen LogP contribution >= 0.6 is 11.3 Å². The summed E-state index contributed by atoms with van der Waals surface area (Å²) in [5.74, 6) is 0.388. The van der Waals surface area contributed by atoms with Crippen molar-refractivity contribution in [3.63, 3.8) is 0 Å². The maximum atomic E-state index is 12.4. The quantitative estimate of drug-likeness (QED) is 0.844. The van der Waals surface area contributed by atoms with Gasteiger partial charge in [-0.15, -0.1) is 11.3 Å². The van der Waals surface area contributed by atoms with Crippen LogP contribution in [0.4, 0.5) is 0 Å². The number of ether oxygens (including phenoxy) is 1. The van der Waals surface area contributed by atoms with E-state index in [1.54, 1.807) is 10.9 Å². The van der Waals surface area contributed by atoms with Gasteiger partial charge in [-0.2, -0.15) is 5.10 Å². The van der Waals surface area contributed by atoms with Crippen LogP contribution in [-0.4, -0.2) is 39.9 Å². The Balaban J connectivity index is 1.98. The lowest BCUT2D eigenvalue weighted by Gasteiger charge is -2.14. The highest BCUT2D eigenvalue weighted by atomic mass is 32.1. The van der Waals surface area contributed by atoms with E-state index in [1.165, 1.54) is 11.3 Å². The van der Waals surface area contributed by atoms with Crippen LogP contribution in [0.2, 0.25) is 0 Å². The van der Waals surface area contributed by atoms with E-state index in [-0.39, 0.29) is 11.9 Å². The molecule has 2 aromatic rings. The number of nitrogens with zero attached hydrogens (tertiary/aromatic N) is 3. The molecule has 0 saturated carbocycles. The summed E-state index contributed by atoms with van der Waals surface area (Å²) < 4.78 is 7.29. The Morgan fingerprint density at radius 3 is 2.74 bits per heavy atom. The minimum absolute atomic E-state index is 0.0374. The summed E-state index contributed by atoms with van der Waals surface area (Å²) in [6.45, 7) is 9.21. The highest BCUT2D eigenvalue weighted by Crippen LogP contribution is 2.27. The van der Waals surface area contributed by atoms with Crippen molar-refractivity contribution in [3.05, 3.63) is 23.0 Å². The predicted molar refractivity (Wildman–Crippen MR) is 91.6 cm³/mol. The van der Waals surface area contributed by atoms with Crippen LogP contribution in [0, 0.1) is 12.8 Å². The molecule has 126 valence electrons. The van der Waals surface area contributed by atoms with Gasteiger partial charge in [-0.1, -0.05) is 13.8 Å². The minimum Gasteiger partial charge on any atom is -0.379 e. The number of aryl methyl sites for hydroxylation is 2. The summed E-state index contributed by atoms with van der Waals surface area (Å²) in [6, 6.07) is -0.0374. The van der Waals surface area contributed by atoms with Gasteiger partial charge in [-0.3, -0.25) is 9.48 Å². The van der Waals surface area contributed by atoms with Crippen LogP contribution in [0.25, 0.3) is 10.6 Å². The molecule has 2 rings (SSSR count). The molecule has 0 aliphatic rings. The third kappa shape index (κ3) is 4.87. The van der Waals surface area contributed by atoms with E-state index in [1.807, 2.05) is 27.1 Å². The molecule has 2 aromatic heterocycles. The number of hydrogen-bond acceptors (Lipinski definition) is 5. The molecule has 0 aromatic carbocycles. The van der Waals surface area contributed by atoms with E-state index in [2.05, 4.69) is 29.2 Å². The molecule has 0 bridgehead atoms. The molecule has 0 aliphatic carbocycles. The number of rotatable bonds is 7. The molecule has 7 heteroatoms. The van der Waals surface area contributed by atoms with Gasteiger partial charge in [0.2, 0.25) is 0 Å². The largest absolute Gasteiger partial charge is 0.379 e. The van der Waals surface area contributed by atoms with Crippen molar-refractivity contribution in [2.75, 3.05) is 13.2 Å². The van der Waals surface area contributed by atoms with Crippen LogP contribution in [0.1, 0.15) is 36.1 Å². The van der Waals surface area contributed by atoms with Gasteiger partial charge in [0.05, 0.1) is 18.5 Å². The number of nitrogens with one attached hydrogen (secondary N) is 1. The lowest BCUT2D eigenvalue weighted by atomic mass is 10.2. The van der Waals surface area contributed by atoms with E-state index in [0.717, 1.165) is 16.3 Å². The summed E-state index contributed by atoms with van der Waals surface area (Å²) in [5, 5.41) is 7.92. The van der Waals surface area contributed by atoms with E-state index in [9.17, 15) is 4.79 Å². The monoisotopic (exact) mass is 336 g/mol. The average Bonchev–Trinajstić information content (AvgIpc) is 3.04. The van der Waals surface area contributed by atoms with Gasteiger partial charge in [0.25, 0.3) is 5.91 Å². The molecule has 0 radical (unpaired) electrons. The van der Waals surface area contributed by atoms with Crippen molar-refractivity contribution in [2.45, 2.75) is 33.7 Å². The van der Waals surface area contributed by atoms with E-state index >= 15 is 0 Å². The van der Waals surface area contributed by atoms with Crippen molar-refractivity contribution in [3.8, 4) is 10.6 Å². The molecular weight excluding hydrogens is 312 g/mol. The number of hydrogen-bond donors (Lipinski definition) is 1. The molecule has 0 aliphatic heterocycles. The normalized spacial score (nSPS) is 12.6. The van der Waals surface area contributed by atoms with Gasteiger partial charge in [-0.25, -0.2) is 4.98 Å². The number of thiazole rings is 1. The van der Waals surface area contributed by atoms with Crippen LogP contribution in [0.3, 0.4) is 0 Å². The summed E-state index contributed by atoms with van der Waals surface area (Å²) in [4.78, 5) is 17.5. The number of amides is 1. The third-order valence-corrected chi connectivity index (χ3v) is 4.36. The maximum Gasteiger partial charge on any atom is 0.263 e. The van der Waals surface area contributed by atoms with Gasteiger partial charge in [0.15, 0.2) is 0 Å². The molecule has 0 fully saturated rings. The number of aromatic nitrogens is 3. The van der Waals surface area contributed by atoms with Crippen molar-refractivity contribution in [1.29, 1.82) is 0 Å². The van der Waals surface area contributed by atoms with E-state index in [4.69, 9.17) is 4.74 Å². The lowest BCUT2D eigenvalue weighted by molar-refractivity contribution is 0.0794. The fourth-order valence-corrected chi connectivity index (χ4v) is 3.02. The maximum absolute atomic E-state index is 12.4. The SMILES string of the molecule is Cc1nc(-c2cnn(C)c2)sc1C(=O)NC(C)COCC(C)C. The van der Waals surface area contributed by atoms with Gasteiger partial charge in [0, 0.05) is 31.5 Å². The summed E-state index contributed by atoms with van der Waals surface area (Å²) in [6.07, 6.45) is 3.64. The van der Waals surface area contributed by atoms with Crippen LogP contribution in [0.5, 0.6) is 0 Å². The smallest absolute Gasteiger partial charge is 0.263 e. The summed E-state index contributed by atoms with van der Waals surface area (Å²) in [7, 11) is 1.86. The van der Waals surface area contributed by atoms with Gasteiger partial charge < -0.3 is 10.1 Å². The van der Waals surface area contributed by atoms with E-state index < -0.39 is 0 Å². The lowest BCUT2D eigenvalue weighted by Crippen LogP contribution is -2.36. The summed E-state index contributed by atoms with van der Waals surface area (Å²) >= 11 is 1.39. The molecule has 6 nitrogen and oxygen atoms in total. The minimum atomic E-state index is -0.101. The zero-order valence-corrected chi connectivity index (χ0v) is 15.1. The van der Waals surface area contributed by atoms with Gasteiger partial charge in [-0.05, 0) is 19.8 Å². The number of carbonyl (C=O) groups is 1. The van der Waals surface area contributed by atoms with Crippen molar-refractivity contribution < 1.29 is 9.53 Å². The molecule has 23 heavy (non-hydrogen) atoms. The first-order valence-electron chi connectivity index (χ1n) is 7.72. The highest BCUT2D eigenvalue weighted by Gasteiger charge is 2.18. The van der Waals surface area contributed by atoms with Gasteiger partial charge >= 0.3 is 0 Å². The first-order chi connectivity index (χ1) is 10.9. The fraction of sp³-hybridized carbons (Fsp3) is 0.562. The average molecular weight is 336 g/mol. The first kappa shape index (κ1) is 17.6. The van der Waals surface area contributed by atoms with Crippen molar-refractivity contribution >= 4 is 17.2 Å². The predicted octanol–water partition coefficient (Wildman–Crippen LogP) is 2.64. The number of carbonyl (C=O) groups excluding carboxylic acids is 1.